The largest absolute Gasteiger partial charge is 0.478 e. The Labute approximate surface area is 117 Å². The molecule has 0 saturated carbocycles. The lowest BCUT2D eigenvalue weighted by Gasteiger charge is -2.19. The van der Waals surface area contributed by atoms with Gasteiger partial charge in [0, 0.05) is 31.7 Å². The van der Waals surface area contributed by atoms with Gasteiger partial charge in [0.25, 0.3) is 0 Å². The van der Waals surface area contributed by atoms with Crippen LogP contribution in [0, 0.1) is 0 Å². The van der Waals surface area contributed by atoms with E-state index in [-0.39, 0.29) is 5.56 Å². The van der Waals surface area contributed by atoms with Crippen molar-refractivity contribution in [2.24, 2.45) is 0 Å². The average molecular weight is 271 g/mol. The van der Waals surface area contributed by atoms with Crippen LogP contribution in [0.4, 0.5) is 5.82 Å². The van der Waals surface area contributed by atoms with Crippen molar-refractivity contribution >= 4 is 11.8 Å². The maximum absolute atomic E-state index is 11.1. The van der Waals surface area contributed by atoms with Gasteiger partial charge in [-0.2, -0.15) is 0 Å². The zero-order chi connectivity index (χ0) is 14.5. The fourth-order valence-corrected chi connectivity index (χ4v) is 1.92. The van der Waals surface area contributed by atoms with Crippen molar-refractivity contribution < 1.29 is 9.90 Å². The summed E-state index contributed by atoms with van der Waals surface area (Å²) in [6.45, 7) is 2.59. The zero-order valence-electron chi connectivity index (χ0n) is 11.6. The number of anilines is 1. The van der Waals surface area contributed by atoms with Gasteiger partial charge in [-0.25, -0.2) is 9.78 Å². The van der Waals surface area contributed by atoms with E-state index in [2.05, 4.69) is 9.97 Å². The van der Waals surface area contributed by atoms with Crippen LogP contribution in [0.25, 0.3) is 0 Å². The average Bonchev–Trinajstić information content (AvgIpc) is 2.47. The molecule has 0 radical (unpaired) electrons. The Bertz CT molecular complexity index is 599. The van der Waals surface area contributed by atoms with E-state index in [9.17, 15) is 4.79 Å². The minimum Gasteiger partial charge on any atom is -0.478 e. The van der Waals surface area contributed by atoms with E-state index in [1.807, 2.05) is 31.0 Å². The van der Waals surface area contributed by atoms with Crippen LogP contribution in [0.5, 0.6) is 0 Å². The van der Waals surface area contributed by atoms with Gasteiger partial charge in [-0.3, -0.25) is 4.98 Å². The number of aromatic carboxylic acids is 1. The number of nitrogens with zero attached hydrogens (tertiary/aromatic N) is 3. The summed E-state index contributed by atoms with van der Waals surface area (Å²) in [6.07, 6.45) is 4.22. The van der Waals surface area contributed by atoms with Gasteiger partial charge < -0.3 is 10.0 Å². The van der Waals surface area contributed by atoms with E-state index >= 15 is 0 Å². The molecule has 0 bridgehead atoms. The molecule has 2 aromatic rings. The molecule has 2 rings (SSSR count). The first-order valence-corrected chi connectivity index (χ1v) is 6.44. The van der Waals surface area contributed by atoms with Crippen molar-refractivity contribution in [3.8, 4) is 0 Å². The molecule has 0 aromatic carbocycles. The Morgan fingerprint density at radius 2 is 2.20 bits per heavy atom. The highest BCUT2D eigenvalue weighted by Crippen LogP contribution is 2.16. The number of rotatable bonds is 5. The summed E-state index contributed by atoms with van der Waals surface area (Å²) in [7, 11) is 1.89. The van der Waals surface area contributed by atoms with Gasteiger partial charge in [-0.05, 0) is 30.2 Å². The highest BCUT2D eigenvalue weighted by molar-refractivity contribution is 5.88. The molecule has 20 heavy (non-hydrogen) atoms. The summed E-state index contributed by atoms with van der Waals surface area (Å²) in [5, 5.41) is 9.14. The highest BCUT2D eigenvalue weighted by atomic mass is 16.4. The third-order valence-corrected chi connectivity index (χ3v) is 3.01. The van der Waals surface area contributed by atoms with Crippen LogP contribution < -0.4 is 4.90 Å². The maximum atomic E-state index is 11.1. The lowest BCUT2D eigenvalue weighted by atomic mass is 10.2. The minimum absolute atomic E-state index is 0.268. The molecule has 0 amide bonds. The molecule has 5 heteroatoms. The van der Waals surface area contributed by atoms with Crippen molar-refractivity contribution in [1.29, 1.82) is 0 Å². The molecular formula is C15H17N3O2. The van der Waals surface area contributed by atoms with Gasteiger partial charge in [0.2, 0.25) is 0 Å². The van der Waals surface area contributed by atoms with Crippen LogP contribution in [0.15, 0.2) is 36.7 Å². The van der Waals surface area contributed by atoms with Gasteiger partial charge in [0.15, 0.2) is 0 Å². The summed E-state index contributed by atoms with van der Waals surface area (Å²) in [5.74, 6) is -0.274. The highest BCUT2D eigenvalue weighted by Gasteiger charge is 2.11. The fourth-order valence-electron chi connectivity index (χ4n) is 1.92. The molecule has 0 aliphatic heterocycles. The summed E-state index contributed by atoms with van der Waals surface area (Å²) in [4.78, 5) is 21.6. The van der Waals surface area contributed by atoms with E-state index in [0.29, 0.717) is 18.8 Å². The predicted octanol–water partition coefficient (Wildman–Crippen LogP) is 2.37. The first-order chi connectivity index (χ1) is 9.60. The normalized spacial score (nSPS) is 10.3. The Hall–Kier alpha value is -2.43. The fraction of sp³-hybridized carbons (Fsp3) is 0.267. The van der Waals surface area contributed by atoms with Crippen LogP contribution in [0.3, 0.4) is 0 Å². The number of aryl methyl sites for hydroxylation is 1. The van der Waals surface area contributed by atoms with Gasteiger partial charge in [0.1, 0.15) is 5.82 Å². The second kappa shape index (κ2) is 6.14. The van der Waals surface area contributed by atoms with E-state index in [1.54, 1.807) is 24.5 Å². The van der Waals surface area contributed by atoms with E-state index in [4.69, 9.17) is 5.11 Å². The topological polar surface area (TPSA) is 66.3 Å². The molecule has 0 fully saturated rings. The van der Waals surface area contributed by atoms with Crippen LogP contribution >= 0.6 is 0 Å². The van der Waals surface area contributed by atoms with Crippen LogP contribution in [0.1, 0.15) is 28.5 Å². The Morgan fingerprint density at radius 3 is 2.80 bits per heavy atom. The second-order valence-corrected chi connectivity index (χ2v) is 4.58. The predicted molar refractivity (Wildman–Crippen MR) is 76.9 cm³/mol. The number of aromatic nitrogens is 2. The van der Waals surface area contributed by atoms with E-state index in [0.717, 1.165) is 11.3 Å². The lowest BCUT2D eigenvalue weighted by Crippen LogP contribution is -2.19. The SMILES string of the molecule is CCc1cc(C(=O)O)cc(N(C)Cc2cccnc2)n1. The maximum Gasteiger partial charge on any atom is 0.335 e. The number of carboxylic acid groups (broad SMARTS) is 1. The second-order valence-electron chi connectivity index (χ2n) is 4.58. The van der Waals surface area contributed by atoms with Crippen molar-refractivity contribution in [3.05, 3.63) is 53.5 Å². The molecule has 0 spiro atoms. The van der Waals surface area contributed by atoms with Crippen molar-refractivity contribution in [1.82, 2.24) is 9.97 Å². The van der Waals surface area contributed by atoms with Crippen molar-refractivity contribution in [2.75, 3.05) is 11.9 Å². The molecule has 104 valence electrons. The molecule has 1 N–H and O–H groups in total. The Balaban J connectivity index is 2.27. The number of hydrogen-bond donors (Lipinski definition) is 1. The molecule has 2 heterocycles. The van der Waals surface area contributed by atoms with Crippen LogP contribution in [-0.4, -0.2) is 28.1 Å². The smallest absolute Gasteiger partial charge is 0.335 e. The molecule has 0 saturated heterocycles. The van der Waals surface area contributed by atoms with Crippen molar-refractivity contribution in [3.63, 3.8) is 0 Å². The van der Waals surface area contributed by atoms with Crippen LogP contribution in [-0.2, 0) is 13.0 Å². The van der Waals surface area contributed by atoms with Gasteiger partial charge in [0.05, 0.1) is 5.56 Å². The summed E-state index contributed by atoms with van der Waals surface area (Å²) >= 11 is 0. The minimum atomic E-state index is -0.932. The molecule has 2 aromatic heterocycles. The summed E-state index contributed by atoms with van der Waals surface area (Å²) < 4.78 is 0. The Kier molecular flexibility index (Phi) is 4.30. The lowest BCUT2D eigenvalue weighted by molar-refractivity contribution is 0.0696. The molecule has 0 atom stereocenters. The van der Waals surface area contributed by atoms with Gasteiger partial charge in [-0.1, -0.05) is 13.0 Å². The third-order valence-electron chi connectivity index (χ3n) is 3.01. The third kappa shape index (κ3) is 3.32. The molecule has 5 nitrogen and oxygen atoms in total. The number of carboxylic acids is 1. The van der Waals surface area contributed by atoms with Crippen LogP contribution in [0.2, 0.25) is 0 Å². The van der Waals surface area contributed by atoms with Gasteiger partial charge in [-0.15, -0.1) is 0 Å². The number of hydrogen-bond acceptors (Lipinski definition) is 4. The zero-order valence-corrected chi connectivity index (χ0v) is 11.6. The first kappa shape index (κ1) is 14.0. The molecular weight excluding hydrogens is 254 g/mol. The molecule has 0 aliphatic carbocycles. The number of pyridine rings is 2. The molecule has 0 unspecified atom stereocenters. The van der Waals surface area contributed by atoms with E-state index < -0.39 is 5.97 Å². The van der Waals surface area contributed by atoms with Gasteiger partial charge >= 0.3 is 5.97 Å². The Morgan fingerprint density at radius 1 is 1.40 bits per heavy atom. The monoisotopic (exact) mass is 271 g/mol. The number of carbonyl (C=O) groups is 1. The summed E-state index contributed by atoms with van der Waals surface area (Å²) in [5.41, 5.74) is 2.10. The standard InChI is InChI=1S/C15H17N3O2/c1-3-13-7-12(15(19)20)8-14(17-13)18(2)10-11-5-4-6-16-9-11/h4-9H,3,10H2,1-2H3,(H,19,20). The summed E-state index contributed by atoms with van der Waals surface area (Å²) in [6, 6.07) is 7.06. The first-order valence-electron chi connectivity index (χ1n) is 6.44. The molecule has 0 aliphatic rings. The quantitative estimate of drug-likeness (QED) is 0.904. The van der Waals surface area contributed by atoms with Crippen molar-refractivity contribution in [2.45, 2.75) is 19.9 Å². The van der Waals surface area contributed by atoms with E-state index in [1.165, 1.54) is 0 Å².